The van der Waals surface area contributed by atoms with Gasteiger partial charge in [-0.05, 0) is 138 Å². The van der Waals surface area contributed by atoms with Gasteiger partial charge in [0.2, 0.25) is 17.7 Å². The Morgan fingerprint density at radius 2 is 1.33 bits per heavy atom. The SMILES string of the molecule is CCOc1ccc(C[C@@H](NC(=O)C2CCC3CCCC2C3)C(=O)N[C@@H](Cc2ccccc2)C(=O)NCC23CCC(CNC(=O)OC(C)(C)C)(CC2)CC3)cc1. The van der Waals surface area contributed by atoms with E-state index in [9.17, 15) is 19.2 Å². The summed E-state index contributed by atoms with van der Waals surface area (Å²) in [5.74, 6) is 1.12. The van der Waals surface area contributed by atoms with Crippen molar-refractivity contribution in [3.63, 3.8) is 0 Å². The van der Waals surface area contributed by atoms with Crippen molar-refractivity contribution in [2.24, 2.45) is 28.6 Å². The topological polar surface area (TPSA) is 135 Å². The lowest BCUT2D eigenvalue weighted by Gasteiger charge is -2.53. The molecule has 5 atom stereocenters. The number of alkyl carbamates (subject to hydrolysis) is 1. The van der Waals surface area contributed by atoms with Gasteiger partial charge < -0.3 is 30.7 Å². The standard InChI is InChI=1S/C45H64N4O6/c1-5-54-35-17-14-33(15-18-35)28-38(48-39(50)36-19-16-32-12-9-13-34(36)26-32)41(52)49-37(27-31-10-7-6-8-11-31)40(51)46-29-44-20-23-45(24-21-44,25-22-44)30-47-42(53)55-43(2,3)4/h6-8,10-11,14-15,17-18,32,34,36-38H,5,9,12-13,16,19-30H2,1-4H3,(H,46,51)(H,47,53)(H,48,50)(H,49,52)/t32?,34?,36?,37-,38+,44?,45?/m0/s1. The first-order valence-electron chi connectivity index (χ1n) is 20.9. The number of ether oxygens (including phenoxy) is 2. The van der Waals surface area contributed by atoms with Crippen LogP contribution in [0.5, 0.6) is 5.75 Å². The molecule has 55 heavy (non-hydrogen) atoms. The fourth-order valence-corrected chi connectivity index (χ4v) is 9.74. The molecule has 7 rings (SSSR count). The Bertz CT molecular complexity index is 1600. The van der Waals surface area contributed by atoms with Gasteiger partial charge in [-0.1, -0.05) is 55.3 Å². The number of amides is 4. The maximum atomic E-state index is 14.3. The summed E-state index contributed by atoms with van der Waals surface area (Å²) >= 11 is 0. The summed E-state index contributed by atoms with van der Waals surface area (Å²) in [5.41, 5.74) is 1.37. The van der Waals surface area contributed by atoms with E-state index in [-0.39, 0.29) is 40.6 Å². The highest BCUT2D eigenvalue weighted by molar-refractivity contribution is 5.93. The maximum Gasteiger partial charge on any atom is 0.407 e. The molecule has 2 aromatic rings. The number of fused-ring (bicyclic) bond motifs is 5. The van der Waals surface area contributed by atoms with Crippen LogP contribution in [0, 0.1) is 28.6 Å². The van der Waals surface area contributed by atoms with E-state index in [1.165, 1.54) is 12.8 Å². The van der Waals surface area contributed by atoms with Crippen molar-refractivity contribution in [3.05, 3.63) is 65.7 Å². The van der Waals surface area contributed by atoms with E-state index < -0.39 is 17.7 Å². The average molecular weight is 757 g/mol. The lowest BCUT2D eigenvalue weighted by Crippen LogP contribution is -2.57. The van der Waals surface area contributed by atoms with Crippen molar-refractivity contribution in [1.29, 1.82) is 0 Å². The van der Waals surface area contributed by atoms with Crippen molar-refractivity contribution in [1.82, 2.24) is 21.3 Å². The van der Waals surface area contributed by atoms with Crippen LogP contribution in [-0.2, 0) is 32.0 Å². The van der Waals surface area contributed by atoms with Crippen molar-refractivity contribution in [3.8, 4) is 5.75 Å². The Morgan fingerprint density at radius 3 is 1.95 bits per heavy atom. The van der Waals surface area contributed by atoms with E-state index in [1.807, 2.05) is 82.3 Å². The smallest absolute Gasteiger partial charge is 0.407 e. The molecule has 10 nitrogen and oxygen atoms in total. The predicted molar refractivity (Wildman–Crippen MR) is 213 cm³/mol. The molecular formula is C45H64N4O6. The molecule has 0 aliphatic heterocycles. The van der Waals surface area contributed by atoms with Gasteiger partial charge in [-0.2, -0.15) is 0 Å². The molecule has 5 aliphatic rings. The molecule has 10 heteroatoms. The first kappa shape index (κ1) is 40.6. The molecule has 2 aromatic carbocycles. The third kappa shape index (κ3) is 11.0. The number of hydrogen-bond donors (Lipinski definition) is 4. The third-order valence-electron chi connectivity index (χ3n) is 13.0. The second-order valence-electron chi connectivity index (χ2n) is 18.1. The normalized spacial score (nSPS) is 26.9. The van der Waals surface area contributed by atoms with Crippen LogP contribution >= 0.6 is 0 Å². The predicted octanol–water partition coefficient (Wildman–Crippen LogP) is 7.04. The molecule has 300 valence electrons. The van der Waals surface area contributed by atoms with Crippen LogP contribution in [0.2, 0.25) is 0 Å². The summed E-state index contributed by atoms with van der Waals surface area (Å²) in [7, 11) is 0. The number of carbonyl (C=O) groups is 4. The molecule has 4 amide bonds. The monoisotopic (exact) mass is 756 g/mol. The summed E-state index contributed by atoms with van der Waals surface area (Å²) in [5, 5.41) is 12.6. The van der Waals surface area contributed by atoms with Crippen LogP contribution in [0.1, 0.15) is 116 Å². The van der Waals surface area contributed by atoms with Crippen molar-refractivity contribution in [2.45, 2.75) is 135 Å². The molecule has 5 aliphatic carbocycles. The first-order valence-corrected chi connectivity index (χ1v) is 20.9. The zero-order chi connectivity index (χ0) is 39.1. The average Bonchev–Trinajstić information content (AvgIpc) is 3.17. The molecule has 4 bridgehead atoms. The van der Waals surface area contributed by atoms with E-state index in [0.29, 0.717) is 44.4 Å². The zero-order valence-corrected chi connectivity index (χ0v) is 33.6. The molecule has 0 spiro atoms. The van der Waals surface area contributed by atoms with Gasteiger partial charge in [0, 0.05) is 31.8 Å². The van der Waals surface area contributed by atoms with Gasteiger partial charge in [0.05, 0.1) is 6.61 Å². The highest BCUT2D eigenvalue weighted by atomic mass is 16.6. The largest absolute Gasteiger partial charge is 0.494 e. The van der Waals surface area contributed by atoms with Gasteiger partial charge in [-0.25, -0.2) is 4.79 Å². The minimum atomic E-state index is -0.837. The molecule has 0 saturated heterocycles. The number of nitrogens with one attached hydrogen (secondary N) is 4. The maximum absolute atomic E-state index is 14.3. The fraction of sp³-hybridized carbons (Fsp3) is 0.644. The minimum absolute atomic E-state index is 0.00702. The summed E-state index contributed by atoms with van der Waals surface area (Å²) in [4.78, 5) is 54.8. The highest BCUT2D eigenvalue weighted by Crippen LogP contribution is 2.56. The summed E-state index contributed by atoms with van der Waals surface area (Å²) in [6.45, 7) is 9.24. The van der Waals surface area contributed by atoms with E-state index in [4.69, 9.17) is 9.47 Å². The van der Waals surface area contributed by atoms with Crippen molar-refractivity contribution < 1.29 is 28.7 Å². The third-order valence-corrected chi connectivity index (χ3v) is 13.0. The van der Waals surface area contributed by atoms with Gasteiger partial charge in [0.25, 0.3) is 0 Å². The minimum Gasteiger partial charge on any atom is -0.494 e. The summed E-state index contributed by atoms with van der Waals surface area (Å²) in [6.07, 6.45) is 12.6. The number of rotatable bonds is 15. The molecule has 5 saturated carbocycles. The molecule has 0 aromatic heterocycles. The van der Waals surface area contributed by atoms with Crippen LogP contribution in [0.15, 0.2) is 54.6 Å². The molecular weight excluding hydrogens is 693 g/mol. The Kier molecular flexibility index (Phi) is 13.1. The lowest BCUT2D eigenvalue weighted by molar-refractivity contribution is -0.135. The second kappa shape index (κ2) is 17.8. The zero-order valence-electron chi connectivity index (χ0n) is 33.6. The van der Waals surface area contributed by atoms with E-state index in [0.717, 1.165) is 81.1 Å². The van der Waals surface area contributed by atoms with Crippen molar-refractivity contribution in [2.75, 3.05) is 19.7 Å². The van der Waals surface area contributed by atoms with E-state index in [1.54, 1.807) is 0 Å². The Balaban J connectivity index is 1.12. The highest BCUT2D eigenvalue weighted by Gasteiger charge is 2.49. The summed E-state index contributed by atoms with van der Waals surface area (Å²) < 4.78 is 11.1. The summed E-state index contributed by atoms with van der Waals surface area (Å²) in [6, 6.07) is 15.8. The second-order valence-corrected chi connectivity index (χ2v) is 18.1. The fourth-order valence-electron chi connectivity index (χ4n) is 9.74. The molecule has 4 N–H and O–H groups in total. The van der Waals surface area contributed by atoms with E-state index >= 15 is 0 Å². The van der Waals surface area contributed by atoms with Gasteiger partial charge in [0.15, 0.2) is 0 Å². The quantitative estimate of drug-likeness (QED) is 0.154. The Morgan fingerprint density at radius 1 is 0.727 bits per heavy atom. The molecule has 3 unspecified atom stereocenters. The van der Waals surface area contributed by atoms with Gasteiger partial charge in [-0.3, -0.25) is 14.4 Å². The van der Waals surface area contributed by atoms with Gasteiger partial charge in [-0.15, -0.1) is 0 Å². The first-order chi connectivity index (χ1) is 26.3. The number of hydrogen-bond acceptors (Lipinski definition) is 6. The van der Waals surface area contributed by atoms with Crippen LogP contribution in [0.25, 0.3) is 0 Å². The van der Waals surface area contributed by atoms with Crippen LogP contribution in [0.3, 0.4) is 0 Å². The number of benzene rings is 2. The van der Waals surface area contributed by atoms with Gasteiger partial charge >= 0.3 is 6.09 Å². The lowest BCUT2D eigenvalue weighted by atomic mass is 9.53. The Labute approximate surface area is 328 Å². The molecule has 0 heterocycles. The molecule has 5 fully saturated rings. The van der Waals surface area contributed by atoms with Crippen LogP contribution in [-0.4, -0.2) is 61.2 Å². The Hall–Kier alpha value is -4.08. The molecule has 0 radical (unpaired) electrons. The number of carbonyl (C=O) groups excluding carboxylic acids is 4. The van der Waals surface area contributed by atoms with Crippen LogP contribution < -0.4 is 26.0 Å². The van der Waals surface area contributed by atoms with Gasteiger partial charge in [0.1, 0.15) is 23.4 Å². The van der Waals surface area contributed by atoms with Crippen LogP contribution in [0.4, 0.5) is 4.79 Å². The van der Waals surface area contributed by atoms with Crippen molar-refractivity contribution >= 4 is 23.8 Å². The van der Waals surface area contributed by atoms with E-state index in [2.05, 4.69) is 21.3 Å².